The van der Waals surface area contributed by atoms with Crippen molar-refractivity contribution in [2.75, 3.05) is 19.3 Å². The quantitative estimate of drug-likeness (QED) is 0.182. The van der Waals surface area contributed by atoms with Crippen LogP contribution in [0.3, 0.4) is 0 Å². The van der Waals surface area contributed by atoms with Gasteiger partial charge in [0.2, 0.25) is 0 Å². The highest BCUT2D eigenvalue weighted by atomic mass is 31.1. The van der Waals surface area contributed by atoms with E-state index in [9.17, 15) is 9.67 Å². The second-order valence-electron chi connectivity index (χ2n) is 7.31. The Labute approximate surface area is 166 Å². The van der Waals surface area contributed by atoms with Crippen LogP contribution in [0.25, 0.3) is 0 Å². The Morgan fingerprint density at radius 2 is 1.08 bits per heavy atom. The van der Waals surface area contributed by atoms with E-state index in [1.807, 2.05) is 0 Å². The van der Waals surface area contributed by atoms with E-state index >= 15 is 0 Å². The van der Waals surface area contributed by atoms with Crippen LogP contribution in [-0.4, -0.2) is 30.5 Å². The van der Waals surface area contributed by atoms with Gasteiger partial charge in [-0.05, 0) is 19.5 Å². The van der Waals surface area contributed by atoms with Crippen LogP contribution < -0.4 is 5.32 Å². The molecule has 0 aromatic heterocycles. The van der Waals surface area contributed by atoms with Gasteiger partial charge in [-0.2, -0.15) is 0 Å². The van der Waals surface area contributed by atoms with Crippen molar-refractivity contribution in [1.29, 1.82) is 0 Å². The lowest BCUT2D eigenvalue weighted by Crippen LogP contribution is -2.09. The molecule has 0 bridgehead atoms. The van der Waals surface area contributed by atoms with Crippen molar-refractivity contribution in [3.05, 3.63) is 0 Å². The van der Waals surface area contributed by atoms with E-state index in [4.69, 9.17) is 0 Å². The summed E-state index contributed by atoms with van der Waals surface area (Å²) in [7, 11) is 0.0727. The van der Waals surface area contributed by atoms with E-state index in [2.05, 4.69) is 26.1 Å². The van der Waals surface area contributed by atoms with E-state index in [0.29, 0.717) is 6.16 Å². The van der Waals surface area contributed by atoms with Crippen molar-refractivity contribution in [2.24, 2.45) is 0 Å². The van der Waals surface area contributed by atoms with E-state index in [0.717, 1.165) is 25.9 Å². The third-order valence-corrected chi connectivity index (χ3v) is 5.25. The summed E-state index contributed by atoms with van der Waals surface area (Å²) in [6.45, 7) is 8.66. The maximum Gasteiger partial charge on any atom is 0.157 e. The molecular formula is C22H48NO2P. The summed E-state index contributed by atoms with van der Waals surface area (Å²) in [5.41, 5.74) is 0. The summed E-state index contributed by atoms with van der Waals surface area (Å²) < 4.78 is 10.3. The number of hydrogen-bond donors (Lipinski definition) is 2. The van der Waals surface area contributed by atoms with Crippen LogP contribution in [0, 0.1) is 0 Å². The highest BCUT2D eigenvalue weighted by Crippen LogP contribution is 2.14. The minimum Gasteiger partial charge on any atom is -0.392 e. The van der Waals surface area contributed by atoms with Gasteiger partial charge >= 0.3 is 0 Å². The number of nitrogens with one attached hydrogen (secondary N) is 1. The second-order valence-corrected chi connectivity index (χ2v) is 7.93. The summed E-state index contributed by atoms with van der Waals surface area (Å²) in [6, 6.07) is 0. The van der Waals surface area contributed by atoms with Gasteiger partial charge in [0.15, 0.2) is 8.46 Å². The number of rotatable bonds is 19. The molecule has 158 valence electrons. The number of aliphatic hydroxyl groups is 1. The van der Waals surface area contributed by atoms with Crippen molar-refractivity contribution < 1.29 is 9.67 Å². The molecule has 0 amide bonds. The molecule has 0 fully saturated rings. The Kier molecular flexibility index (Phi) is 29.6. The molecule has 0 saturated carbocycles. The van der Waals surface area contributed by atoms with Crippen molar-refractivity contribution >= 4 is 8.46 Å². The molecule has 26 heavy (non-hydrogen) atoms. The number of unbranched alkanes of at least 4 members (excludes halogenated alkanes) is 13. The fourth-order valence-corrected chi connectivity index (χ4v) is 3.36. The summed E-state index contributed by atoms with van der Waals surface area (Å²) >= 11 is 0. The molecular weight excluding hydrogens is 341 g/mol. The Morgan fingerprint density at radius 1 is 0.692 bits per heavy atom. The summed E-state index contributed by atoms with van der Waals surface area (Å²) in [6.07, 6.45) is 19.9. The Morgan fingerprint density at radius 3 is 1.38 bits per heavy atom. The first-order chi connectivity index (χ1) is 12.7. The van der Waals surface area contributed by atoms with Crippen LogP contribution in [0.2, 0.25) is 0 Å². The molecule has 0 aliphatic carbocycles. The van der Waals surface area contributed by atoms with Crippen LogP contribution >= 0.6 is 8.46 Å². The van der Waals surface area contributed by atoms with Gasteiger partial charge in [-0.1, -0.05) is 111 Å². The fraction of sp³-hybridized carbons (Fsp3) is 1.00. The third kappa shape index (κ3) is 28.8. The average molecular weight is 390 g/mol. The third-order valence-electron chi connectivity index (χ3n) is 4.68. The summed E-state index contributed by atoms with van der Waals surface area (Å²) in [5.74, 6) is 0. The normalized spacial score (nSPS) is 12.0. The molecule has 0 spiro atoms. The molecule has 0 saturated heterocycles. The van der Waals surface area contributed by atoms with Gasteiger partial charge in [-0.15, -0.1) is 0 Å². The van der Waals surface area contributed by atoms with Crippen LogP contribution in [0.1, 0.15) is 117 Å². The Hall–Kier alpha value is 0.0200. The van der Waals surface area contributed by atoms with Crippen molar-refractivity contribution in [2.45, 2.75) is 123 Å². The zero-order valence-electron chi connectivity index (χ0n) is 18.1. The van der Waals surface area contributed by atoms with E-state index in [-0.39, 0.29) is 14.6 Å². The number of hydrogen-bond acceptors (Lipinski definition) is 3. The standard InChI is InChI=1S/C18H37O2P.C4H11N/c1-2-3-4-5-6-7-8-9-10-11-12-13-14-15-16-18(19)17-21-20;1-3-5-4-2/h18-19H,2-17H2,1H3;5H,3-4H2,1-2H3. The molecule has 0 aliphatic heterocycles. The van der Waals surface area contributed by atoms with Gasteiger partial charge in [0, 0.05) is 0 Å². The Balaban J connectivity index is 0. The highest BCUT2D eigenvalue weighted by molar-refractivity contribution is 7.23. The summed E-state index contributed by atoms with van der Waals surface area (Å²) in [5, 5.41) is 12.5. The molecule has 3 nitrogen and oxygen atoms in total. The predicted molar refractivity (Wildman–Crippen MR) is 118 cm³/mol. The van der Waals surface area contributed by atoms with Gasteiger partial charge in [0.25, 0.3) is 0 Å². The molecule has 2 N–H and O–H groups in total. The second kappa shape index (κ2) is 27.2. The fourth-order valence-electron chi connectivity index (χ4n) is 3.00. The van der Waals surface area contributed by atoms with Crippen LogP contribution in [0.5, 0.6) is 0 Å². The maximum absolute atomic E-state index is 10.3. The van der Waals surface area contributed by atoms with Gasteiger partial charge < -0.3 is 10.4 Å². The molecule has 1 atom stereocenters. The molecule has 0 aromatic rings. The Bertz CT molecular complexity index is 250. The van der Waals surface area contributed by atoms with Crippen molar-refractivity contribution in [1.82, 2.24) is 5.32 Å². The van der Waals surface area contributed by atoms with Crippen LogP contribution in [0.15, 0.2) is 0 Å². The lowest BCUT2D eigenvalue weighted by Gasteiger charge is -2.06. The SMILES string of the molecule is CCCCCCCCCCCCCCCCC(O)CP=O.CCNCC. The zero-order valence-corrected chi connectivity index (χ0v) is 19.0. The lowest BCUT2D eigenvalue weighted by atomic mass is 10.0. The zero-order chi connectivity index (χ0) is 19.7. The minimum atomic E-state index is -0.360. The molecule has 0 aromatic carbocycles. The smallest absolute Gasteiger partial charge is 0.157 e. The first kappa shape index (κ1) is 28.2. The van der Waals surface area contributed by atoms with Crippen LogP contribution in [-0.2, 0) is 4.57 Å². The van der Waals surface area contributed by atoms with Crippen LogP contribution in [0.4, 0.5) is 0 Å². The topological polar surface area (TPSA) is 49.3 Å². The van der Waals surface area contributed by atoms with E-state index < -0.39 is 0 Å². The molecule has 0 aliphatic rings. The molecule has 0 heterocycles. The van der Waals surface area contributed by atoms with E-state index in [1.165, 1.54) is 83.5 Å². The monoisotopic (exact) mass is 389 g/mol. The van der Waals surface area contributed by atoms with Crippen molar-refractivity contribution in [3.8, 4) is 0 Å². The lowest BCUT2D eigenvalue weighted by molar-refractivity contribution is 0.183. The molecule has 4 heteroatoms. The molecule has 0 radical (unpaired) electrons. The number of aliphatic hydroxyl groups excluding tert-OH is 1. The minimum absolute atomic E-state index is 0.0727. The van der Waals surface area contributed by atoms with Gasteiger partial charge in [0.05, 0.1) is 12.3 Å². The van der Waals surface area contributed by atoms with E-state index in [1.54, 1.807) is 0 Å². The van der Waals surface area contributed by atoms with Gasteiger partial charge in [-0.25, -0.2) is 0 Å². The maximum atomic E-state index is 10.3. The van der Waals surface area contributed by atoms with Gasteiger partial charge in [-0.3, -0.25) is 4.57 Å². The molecule has 0 rings (SSSR count). The first-order valence-corrected chi connectivity index (χ1v) is 12.4. The highest BCUT2D eigenvalue weighted by Gasteiger charge is 2.02. The van der Waals surface area contributed by atoms with Crippen molar-refractivity contribution in [3.63, 3.8) is 0 Å². The summed E-state index contributed by atoms with van der Waals surface area (Å²) in [4.78, 5) is 0. The first-order valence-electron chi connectivity index (χ1n) is 11.4. The largest absolute Gasteiger partial charge is 0.392 e. The molecule has 1 unspecified atom stereocenters. The van der Waals surface area contributed by atoms with Gasteiger partial charge in [0.1, 0.15) is 0 Å². The average Bonchev–Trinajstić information content (AvgIpc) is 2.63. The predicted octanol–water partition coefficient (Wildman–Crippen LogP) is 7.13.